The fourth-order valence-corrected chi connectivity index (χ4v) is 4.13. The highest BCUT2D eigenvalue weighted by Gasteiger charge is 2.35. The molecule has 0 bridgehead atoms. The molecular formula is C21H15F3N4O3. The van der Waals surface area contributed by atoms with Gasteiger partial charge in [-0.2, -0.15) is 18.2 Å². The van der Waals surface area contributed by atoms with Gasteiger partial charge in [0.15, 0.2) is 0 Å². The lowest BCUT2D eigenvalue weighted by Gasteiger charge is -2.08. The van der Waals surface area contributed by atoms with Crippen LogP contribution >= 0.6 is 0 Å². The van der Waals surface area contributed by atoms with Gasteiger partial charge >= 0.3 is 12.1 Å². The molecule has 0 radical (unpaired) electrons. The van der Waals surface area contributed by atoms with Crippen LogP contribution < -0.4 is 0 Å². The Labute approximate surface area is 173 Å². The molecule has 0 saturated heterocycles. The quantitative estimate of drug-likeness (QED) is 0.505. The van der Waals surface area contributed by atoms with Crippen LogP contribution in [0.3, 0.4) is 0 Å². The predicted octanol–water partition coefficient (Wildman–Crippen LogP) is 4.73. The maximum absolute atomic E-state index is 13.3. The zero-order chi connectivity index (χ0) is 21.8. The first-order valence-electron chi connectivity index (χ1n) is 9.52. The summed E-state index contributed by atoms with van der Waals surface area (Å²) < 4.78 is 47.0. The van der Waals surface area contributed by atoms with Gasteiger partial charge in [0.25, 0.3) is 5.89 Å². The van der Waals surface area contributed by atoms with Crippen molar-refractivity contribution < 1.29 is 27.6 Å². The van der Waals surface area contributed by atoms with E-state index in [1.54, 1.807) is 6.07 Å². The summed E-state index contributed by atoms with van der Waals surface area (Å²) in [7, 11) is 0. The molecule has 0 saturated carbocycles. The van der Waals surface area contributed by atoms with E-state index in [-0.39, 0.29) is 29.6 Å². The average molecular weight is 428 g/mol. The second kappa shape index (κ2) is 6.93. The second-order valence-corrected chi connectivity index (χ2v) is 7.42. The highest BCUT2D eigenvalue weighted by molar-refractivity contribution is 5.86. The van der Waals surface area contributed by atoms with E-state index >= 15 is 0 Å². The van der Waals surface area contributed by atoms with Crippen molar-refractivity contribution in [3.05, 3.63) is 54.0 Å². The van der Waals surface area contributed by atoms with Crippen LogP contribution in [-0.4, -0.2) is 30.8 Å². The summed E-state index contributed by atoms with van der Waals surface area (Å²) in [4.78, 5) is 19.0. The number of hydrogen-bond donors (Lipinski definition) is 1. The summed E-state index contributed by atoms with van der Waals surface area (Å²) in [6.07, 6.45) is -1.62. The van der Waals surface area contributed by atoms with E-state index in [0.717, 1.165) is 48.0 Å². The Kier molecular flexibility index (Phi) is 4.31. The molecule has 0 amide bonds. The maximum atomic E-state index is 13.3. The van der Waals surface area contributed by atoms with Crippen molar-refractivity contribution >= 4 is 16.9 Å². The molecule has 1 aliphatic rings. The van der Waals surface area contributed by atoms with Crippen LogP contribution in [0.1, 0.15) is 30.0 Å². The fourth-order valence-electron chi connectivity index (χ4n) is 4.13. The maximum Gasteiger partial charge on any atom is 0.417 e. The van der Waals surface area contributed by atoms with Gasteiger partial charge in [-0.25, -0.2) is 0 Å². The average Bonchev–Trinajstić information content (AvgIpc) is 3.43. The number of pyridine rings is 1. The summed E-state index contributed by atoms with van der Waals surface area (Å²) >= 11 is 0. The fraction of sp³-hybridized carbons (Fsp3) is 0.238. The third-order valence-corrected chi connectivity index (χ3v) is 5.51. The molecule has 1 atom stereocenters. The van der Waals surface area contributed by atoms with E-state index in [9.17, 15) is 18.0 Å². The molecule has 1 aliphatic heterocycles. The second-order valence-electron chi connectivity index (χ2n) is 7.42. The van der Waals surface area contributed by atoms with Gasteiger partial charge in [-0.15, -0.1) is 0 Å². The van der Waals surface area contributed by atoms with Crippen LogP contribution in [0, 0.1) is 0 Å². The number of hydrogen-bond acceptors (Lipinski definition) is 5. The Balaban J connectivity index is 1.51. The molecule has 4 aromatic rings. The van der Waals surface area contributed by atoms with Crippen molar-refractivity contribution in [1.29, 1.82) is 0 Å². The molecule has 0 aliphatic carbocycles. The number of nitrogens with zero attached hydrogens (tertiary/aromatic N) is 4. The molecule has 1 unspecified atom stereocenters. The standard InChI is InChI=1S/C21H15F3N4O3/c22-21(23,24)15-3-5-25-10-14(15)20-26-19(27-31-20)12-1-2-16-13(7-12)8-17-11(9-18(29)30)4-6-28(16)17/h1-3,5,7-8,10-11H,4,6,9H2,(H,29,30). The summed E-state index contributed by atoms with van der Waals surface area (Å²) in [6, 6.07) is 8.27. The molecular weight excluding hydrogens is 413 g/mol. The van der Waals surface area contributed by atoms with Gasteiger partial charge in [-0.05, 0) is 36.8 Å². The summed E-state index contributed by atoms with van der Waals surface area (Å²) in [5.74, 6) is -0.993. The number of halogens is 3. The Hall–Kier alpha value is -3.69. The summed E-state index contributed by atoms with van der Waals surface area (Å²) in [6.45, 7) is 0.740. The van der Waals surface area contributed by atoms with Crippen LogP contribution in [0.15, 0.2) is 47.2 Å². The molecule has 1 aromatic carbocycles. The number of benzene rings is 1. The third-order valence-electron chi connectivity index (χ3n) is 5.51. The van der Waals surface area contributed by atoms with Crippen LogP contribution in [0.25, 0.3) is 33.7 Å². The molecule has 4 heterocycles. The van der Waals surface area contributed by atoms with E-state index in [1.165, 1.54) is 0 Å². The molecule has 158 valence electrons. The molecule has 0 spiro atoms. The van der Waals surface area contributed by atoms with Crippen LogP contribution in [-0.2, 0) is 17.5 Å². The number of alkyl halides is 3. The number of aromatic nitrogens is 4. The number of carboxylic acid groups (broad SMARTS) is 1. The zero-order valence-electron chi connectivity index (χ0n) is 15.9. The van der Waals surface area contributed by atoms with Gasteiger partial charge in [0.05, 0.1) is 17.5 Å². The number of carbonyl (C=O) groups is 1. The van der Waals surface area contributed by atoms with Crippen LogP contribution in [0.4, 0.5) is 13.2 Å². The third kappa shape index (κ3) is 3.33. The molecule has 5 rings (SSSR count). The summed E-state index contributed by atoms with van der Waals surface area (Å²) in [5.41, 5.74) is 1.32. The Bertz CT molecular complexity index is 1310. The van der Waals surface area contributed by atoms with Crippen molar-refractivity contribution in [1.82, 2.24) is 19.7 Å². The Morgan fingerprint density at radius 1 is 1.26 bits per heavy atom. The van der Waals surface area contributed by atoms with E-state index < -0.39 is 17.7 Å². The SMILES string of the molecule is O=C(O)CC1CCn2c1cc1cc(-c3noc(-c4cnccc4C(F)(F)F)n3)ccc12. The normalized spacial score (nSPS) is 16.0. The monoisotopic (exact) mass is 428 g/mol. The molecule has 0 fully saturated rings. The molecule has 31 heavy (non-hydrogen) atoms. The lowest BCUT2D eigenvalue weighted by Crippen LogP contribution is -2.07. The number of rotatable bonds is 4. The van der Waals surface area contributed by atoms with Crippen molar-refractivity contribution in [2.75, 3.05) is 0 Å². The first-order valence-corrected chi connectivity index (χ1v) is 9.52. The number of carboxylic acids is 1. The van der Waals surface area contributed by atoms with Crippen molar-refractivity contribution in [2.24, 2.45) is 0 Å². The van der Waals surface area contributed by atoms with Gasteiger partial charge in [-0.1, -0.05) is 5.16 Å². The Morgan fingerprint density at radius 2 is 2.10 bits per heavy atom. The molecule has 7 nitrogen and oxygen atoms in total. The zero-order valence-corrected chi connectivity index (χ0v) is 15.9. The number of aryl methyl sites for hydroxylation is 1. The topological polar surface area (TPSA) is 94.0 Å². The van der Waals surface area contributed by atoms with E-state index in [1.807, 2.05) is 18.2 Å². The lowest BCUT2D eigenvalue weighted by molar-refractivity contribution is -0.138. The first-order chi connectivity index (χ1) is 14.8. The number of fused-ring (bicyclic) bond motifs is 3. The minimum absolute atomic E-state index is 0.0449. The van der Waals surface area contributed by atoms with Crippen LogP contribution in [0.5, 0.6) is 0 Å². The van der Waals surface area contributed by atoms with E-state index in [4.69, 9.17) is 9.63 Å². The number of aliphatic carboxylic acids is 1. The molecule has 1 N–H and O–H groups in total. The first kappa shape index (κ1) is 19.3. The van der Waals surface area contributed by atoms with Gasteiger partial charge in [-0.3, -0.25) is 9.78 Å². The van der Waals surface area contributed by atoms with Crippen molar-refractivity contribution in [2.45, 2.75) is 31.5 Å². The van der Waals surface area contributed by atoms with E-state index in [0.29, 0.717) is 5.56 Å². The van der Waals surface area contributed by atoms with Gasteiger partial charge in [0.2, 0.25) is 5.82 Å². The predicted molar refractivity (Wildman–Crippen MR) is 103 cm³/mol. The van der Waals surface area contributed by atoms with Gasteiger partial charge < -0.3 is 14.2 Å². The van der Waals surface area contributed by atoms with Gasteiger partial charge in [0, 0.05) is 47.0 Å². The van der Waals surface area contributed by atoms with Crippen molar-refractivity contribution in [3.63, 3.8) is 0 Å². The summed E-state index contributed by atoms with van der Waals surface area (Å²) in [5, 5.41) is 13.8. The van der Waals surface area contributed by atoms with E-state index in [2.05, 4.69) is 19.7 Å². The molecule has 10 heteroatoms. The van der Waals surface area contributed by atoms with Gasteiger partial charge in [0.1, 0.15) is 0 Å². The smallest absolute Gasteiger partial charge is 0.417 e. The largest absolute Gasteiger partial charge is 0.481 e. The van der Waals surface area contributed by atoms with Crippen molar-refractivity contribution in [3.8, 4) is 22.8 Å². The minimum Gasteiger partial charge on any atom is -0.481 e. The highest BCUT2D eigenvalue weighted by Crippen LogP contribution is 2.38. The molecule has 3 aromatic heterocycles. The van der Waals surface area contributed by atoms with Crippen LogP contribution in [0.2, 0.25) is 0 Å². The lowest BCUT2D eigenvalue weighted by atomic mass is 10.0. The highest BCUT2D eigenvalue weighted by atomic mass is 19.4. The minimum atomic E-state index is -4.58. The Morgan fingerprint density at radius 3 is 2.87 bits per heavy atom.